The smallest absolute Gasteiger partial charge is 0.460 e. The number of rotatable bonds is 12. The number of carbonyl (C=O) groups is 1. The molecule has 0 radical (unpaired) electrons. The number of aliphatic imine (C=N–C) groups is 1. The molecule has 242 valence electrons. The van der Waals surface area contributed by atoms with Gasteiger partial charge in [-0.2, -0.15) is 74.6 Å². The van der Waals surface area contributed by atoms with E-state index in [1.54, 1.807) is 0 Å². The molecule has 21 heteroatoms. The lowest BCUT2D eigenvalue weighted by atomic mass is 9.87. The van der Waals surface area contributed by atoms with Crippen molar-refractivity contribution in [3.63, 3.8) is 0 Å². The van der Waals surface area contributed by atoms with E-state index in [1.165, 1.54) is 0 Å². The Labute approximate surface area is 223 Å². The van der Waals surface area contributed by atoms with E-state index in [0.29, 0.717) is 12.1 Å². The number of halogens is 17. The molecule has 0 heterocycles. The molecule has 0 N–H and O–H groups in total. The van der Waals surface area contributed by atoms with Crippen molar-refractivity contribution in [3.8, 4) is 5.75 Å². The zero-order chi connectivity index (χ0) is 33.5. The molecule has 42 heavy (non-hydrogen) atoms. The Hall–Kier alpha value is -3.03. The first-order valence-corrected chi connectivity index (χ1v) is 10.6. The Kier molecular flexibility index (Phi) is 9.89. The first-order chi connectivity index (χ1) is 18.5. The molecule has 0 aliphatic rings. The molecule has 0 aliphatic carbocycles. The van der Waals surface area contributed by atoms with Gasteiger partial charge in [0.15, 0.2) is 0 Å². The molecule has 0 saturated heterocycles. The van der Waals surface area contributed by atoms with Crippen LogP contribution in [-0.4, -0.2) is 72.5 Å². The predicted octanol–water partition coefficient (Wildman–Crippen LogP) is 8.12. The van der Waals surface area contributed by atoms with Gasteiger partial charge in [-0.25, -0.2) is 0 Å². The molecule has 0 fully saturated rings. The second-order valence-corrected chi connectivity index (χ2v) is 8.49. The van der Waals surface area contributed by atoms with E-state index >= 15 is 0 Å². The van der Waals surface area contributed by atoms with Crippen LogP contribution in [0.3, 0.4) is 0 Å². The summed E-state index contributed by atoms with van der Waals surface area (Å²) < 4.78 is 241. The van der Waals surface area contributed by atoms with Crippen molar-refractivity contribution < 1.29 is 88.9 Å². The van der Waals surface area contributed by atoms with Crippen LogP contribution < -0.4 is 4.74 Å². The number of hydrogen-bond acceptors (Lipinski definition) is 4. The number of benzene rings is 1. The molecule has 0 atom stereocenters. The van der Waals surface area contributed by atoms with Crippen LogP contribution in [0.5, 0.6) is 5.75 Å². The Morgan fingerprint density at radius 2 is 1.05 bits per heavy atom. The normalized spacial score (nSPS) is 15.2. The van der Waals surface area contributed by atoms with E-state index in [0.717, 1.165) is 33.1 Å². The fourth-order valence-corrected chi connectivity index (χ4v) is 2.82. The second-order valence-electron chi connectivity index (χ2n) is 8.49. The molecule has 0 amide bonds. The lowest BCUT2D eigenvalue weighted by Gasteiger charge is -2.42. The number of alkyl halides is 17. The number of nitrogens with zero attached hydrogens (tertiary/aromatic N) is 1. The van der Waals surface area contributed by atoms with Crippen molar-refractivity contribution >= 4 is 17.4 Å². The highest BCUT2D eigenvalue weighted by Crippen LogP contribution is 2.64. The van der Waals surface area contributed by atoms with Crippen LogP contribution in [0, 0.1) is 0 Å². The van der Waals surface area contributed by atoms with Gasteiger partial charge in [-0.15, -0.1) is 0 Å². The molecule has 1 aromatic rings. The Morgan fingerprint density at radius 1 is 0.667 bits per heavy atom. The molecule has 0 aliphatic heterocycles. The summed E-state index contributed by atoms with van der Waals surface area (Å²) in [6, 6.07) is 2.99. The van der Waals surface area contributed by atoms with E-state index < -0.39 is 77.5 Å². The number of carbonyl (C=O) groups excluding carboxylic acids is 1. The van der Waals surface area contributed by atoms with Crippen LogP contribution in [0.2, 0.25) is 0 Å². The molecular weight excluding hydrogens is 637 g/mol. The third-order valence-electron chi connectivity index (χ3n) is 5.10. The van der Waals surface area contributed by atoms with E-state index in [4.69, 9.17) is 0 Å². The Morgan fingerprint density at radius 3 is 1.40 bits per heavy atom. The lowest BCUT2D eigenvalue weighted by Crippen LogP contribution is -2.75. The van der Waals surface area contributed by atoms with E-state index in [1.807, 2.05) is 0 Å². The van der Waals surface area contributed by atoms with Gasteiger partial charge in [0.1, 0.15) is 11.5 Å². The van der Waals surface area contributed by atoms with Gasteiger partial charge in [0.05, 0.1) is 25.3 Å². The molecular formula is C21H16F17NO3. The van der Waals surface area contributed by atoms with Gasteiger partial charge in [0, 0.05) is 0 Å². The van der Waals surface area contributed by atoms with Gasteiger partial charge in [0.2, 0.25) is 0 Å². The number of ether oxygens (including phenoxy) is 2. The summed E-state index contributed by atoms with van der Waals surface area (Å²) in [4.78, 5) is 14.6. The topological polar surface area (TPSA) is 47.9 Å². The number of esters is 1. The summed E-state index contributed by atoms with van der Waals surface area (Å²) in [6.45, 7) is 2.08. The molecule has 4 nitrogen and oxygen atoms in total. The van der Waals surface area contributed by atoms with E-state index in [-0.39, 0.29) is 5.75 Å². The fourth-order valence-electron chi connectivity index (χ4n) is 2.82. The minimum atomic E-state index is -8.77. The van der Waals surface area contributed by atoms with Crippen LogP contribution in [0.4, 0.5) is 80.3 Å². The van der Waals surface area contributed by atoms with Crippen LogP contribution in [0.25, 0.3) is 0 Å². The summed E-state index contributed by atoms with van der Waals surface area (Å²) in [5.74, 6) is -60.1. The van der Waals surface area contributed by atoms with Crippen LogP contribution in [-0.2, 0) is 9.53 Å². The third kappa shape index (κ3) is 5.91. The largest absolute Gasteiger partial charge is 0.497 e. The third-order valence-corrected chi connectivity index (χ3v) is 5.10. The Balaban J connectivity index is 3.86. The van der Waals surface area contributed by atoms with Gasteiger partial charge in [-0.05, 0) is 38.1 Å². The van der Waals surface area contributed by atoms with Crippen molar-refractivity contribution in [2.45, 2.75) is 74.0 Å². The summed E-state index contributed by atoms with van der Waals surface area (Å²) in [6.07, 6.45) is -11.4. The highest BCUT2D eigenvalue weighted by atomic mass is 19.4. The maximum atomic E-state index is 14.8. The van der Waals surface area contributed by atoms with Crippen molar-refractivity contribution in [1.82, 2.24) is 0 Å². The average Bonchev–Trinajstić information content (AvgIpc) is 2.82. The summed E-state index contributed by atoms with van der Waals surface area (Å²) in [5.41, 5.74) is -3.76. The van der Waals surface area contributed by atoms with Crippen molar-refractivity contribution in [2.75, 3.05) is 7.11 Å². The fraction of sp³-hybridized carbons (Fsp3) is 0.619. The molecule has 1 rings (SSSR count). The SMILES string of the molecule is COc1ccc(N=C(CC(=O)OC(C)C)C(F)(F)C(F)(F)C(F)(F)C(F)(F)C(F)(F)C(F)(F)C(F)(F)C(F)(F)F)cc1. The summed E-state index contributed by atoms with van der Waals surface area (Å²) in [7, 11) is 1.06. The minimum absolute atomic E-state index is 0.0724. The van der Waals surface area contributed by atoms with Gasteiger partial charge < -0.3 is 9.47 Å². The molecule has 0 unspecified atom stereocenters. The van der Waals surface area contributed by atoms with Gasteiger partial charge >= 0.3 is 53.6 Å². The maximum Gasteiger partial charge on any atom is 0.460 e. The van der Waals surface area contributed by atoms with Crippen LogP contribution >= 0.6 is 0 Å². The summed E-state index contributed by atoms with van der Waals surface area (Å²) in [5, 5.41) is 0. The van der Waals surface area contributed by atoms with Gasteiger partial charge in [-0.3, -0.25) is 9.79 Å². The standard InChI is InChI=1S/C21H16F17NO3/c1-9(2)42-13(40)8-12(39-10-4-6-11(41-3)7-5-10)14(22,23)15(24,25)16(26,27)17(28,29)18(30,31)19(32,33)20(34,35)21(36,37)38/h4-7,9H,8H2,1-3H3. The van der Waals surface area contributed by atoms with Crippen LogP contribution in [0.15, 0.2) is 29.3 Å². The minimum Gasteiger partial charge on any atom is -0.497 e. The van der Waals surface area contributed by atoms with Crippen LogP contribution in [0.1, 0.15) is 20.3 Å². The highest BCUT2D eigenvalue weighted by Gasteiger charge is 2.95. The molecule has 0 saturated carbocycles. The monoisotopic (exact) mass is 653 g/mol. The van der Waals surface area contributed by atoms with E-state index in [2.05, 4.69) is 14.5 Å². The van der Waals surface area contributed by atoms with Crippen molar-refractivity contribution in [3.05, 3.63) is 24.3 Å². The Bertz CT molecular complexity index is 1140. The molecule has 0 aromatic heterocycles. The highest BCUT2D eigenvalue weighted by molar-refractivity contribution is 6.04. The summed E-state index contributed by atoms with van der Waals surface area (Å²) >= 11 is 0. The zero-order valence-electron chi connectivity index (χ0n) is 20.7. The van der Waals surface area contributed by atoms with Crippen molar-refractivity contribution in [1.29, 1.82) is 0 Å². The second kappa shape index (κ2) is 11.2. The van der Waals surface area contributed by atoms with Crippen molar-refractivity contribution in [2.24, 2.45) is 4.99 Å². The van der Waals surface area contributed by atoms with E-state index in [9.17, 15) is 79.4 Å². The average molecular weight is 653 g/mol. The first-order valence-electron chi connectivity index (χ1n) is 10.6. The van der Waals surface area contributed by atoms with Gasteiger partial charge in [-0.1, -0.05) is 0 Å². The van der Waals surface area contributed by atoms with Gasteiger partial charge in [0.25, 0.3) is 0 Å². The predicted molar refractivity (Wildman–Crippen MR) is 107 cm³/mol. The first kappa shape index (κ1) is 37.0. The zero-order valence-corrected chi connectivity index (χ0v) is 20.7. The number of methoxy groups -OCH3 is 1. The number of hydrogen-bond donors (Lipinski definition) is 0. The molecule has 0 spiro atoms. The molecule has 1 aromatic carbocycles. The molecule has 0 bridgehead atoms. The quantitative estimate of drug-likeness (QED) is 0.130. The lowest BCUT2D eigenvalue weighted by molar-refractivity contribution is -0.458. The maximum absolute atomic E-state index is 14.8.